The average Bonchev–Trinajstić information content (AvgIpc) is 2.53. The van der Waals surface area contributed by atoms with Crippen LogP contribution in [0, 0.1) is 6.92 Å². The third-order valence-electron chi connectivity index (χ3n) is 3.55. The zero-order chi connectivity index (χ0) is 15.9. The second-order valence-electron chi connectivity index (χ2n) is 5.07. The van der Waals surface area contributed by atoms with Crippen LogP contribution in [0.2, 0.25) is 0 Å². The van der Waals surface area contributed by atoms with Crippen molar-refractivity contribution in [2.45, 2.75) is 19.3 Å². The van der Waals surface area contributed by atoms with Gasteiger partial charge < -0.3 is 14.6 Å². The Labute approximate surface area is 130 Å². The molecule has 0 aliphatic heterocycles. The topological polar surface area (TPSA) is 55.8 Å². The Morgan fingerprint density at radius 1 is 1.18 bits per heavy atom. The molecule has 0 aromatic heterocycles. The third-order valence-corrected chi connectivity index (χ3v) is 3.55. The molecule has 0 heterocycles. The normalized spacial score (nSPS) is 11.7. The van der Waals surface area contributed by atoms with Gasteiger partial charge in [-0.25, -0.2) is 0 Å². The average molecular weight is 300 g/mol. The summed E-state index contributed by atoms with van der Waals surface area (Å²) in [5.41, 5.74) is 1.76. The van der Waals surface area contributed by atoms with Crippen LogP contribution in [0.3, 0.4) is 0 Å². The van der Waals surface area contributed by atoms with Crippen molar-refractivity contribution in [3.8, 4) is 11.5 Å². The van der Waals surface area contributed by atoms with Crippen LogP contribution in [0.15, 0.2) is 48.5 Å². The lowest BCUT2D eigenvalue weighted by Crippen LogP contribution is -2.15. The predicted molar refractivity (Wildman–Crippen MR) is 84.7 cm³/mol. The second-order valence-corrected chi connectivity index (χ2v) is 5.07. The first-order valence-corrected chi connectivity index (χ1v) is 7.17. The summed E-state index contributed by atoms with van der Waals surface area (Å²) in [6.45, 7) is 2.31. The first kappa shape index (κ1) is 15.9. The van der Waals surface area contributed by atoms with E-state index in [9.17, 15) is 9.90 Å². The number of rotatable bonds is 7. The van der Waals surface area contributed by atoms with Crippen molar-refractivity contribution in [3.05, 3.63) is 59.7 Å². The van der Waals surface area contributed by atoms with Gasteiger partial charge in [-0.05, 0) is 42.7 Å². The molecule has 116 valence electrons. The second kappa shape index (κ2) is 7.50. The Bertz CT molecular complexity index is 636. The molecular weight excluding hydrogens is 280 g/mol. The Balaban J connectivity index is 2.03. The van der Waals surface area contributed by atoms with Crippen LogP contribution in [0.5, 0.6) is 11.5 Å². The van der Waals surface area contributed by atoms with E-state index in [1.165, 1.54) is 0 Å². The Hall–Kier alpha value is -2.49. The minimum absolute atomic E-state index is 0.346. The molecule has 2 aromatic rings. The number of benzene rings is 2. The summed E-state index contributed by atoms with van der Waals surface area (Å²) in [5, 5.41) is 9.45. The molecule has 0 saturated carbocycles. The summed E-state index contributed by atoms with van der Waals surface area (Å²) >= 11 is 0. The molecule has 0 aliphatic carbocycles. The van der Waals surface area contributed by atoms with Crippen LogP contribution < -0.4 is 9.47 Å². The van der Waals surface area contributed by atoms with Gasteiger partial charge in [0.2, 0.25) is 0 Å². The van der Waals surface area contributed by atoms with Gasteiger partial charge in [0.1, 0.15) is 11.5 Å². The van der Waals surface area contributed by atoms with E-state index >= 15 is 0 Å². The van der Waals surface area contributed by atoms with E-state index in [-0.39, 0.29) is 0 Å². The highest BCUT2D eigenvalue weighted by molar-refractivity contribution is 5.76. The third kappa shape index (κ3) is 4.01. The van der Waals surface area contributed by atoms with E-state index < -0.39 is 11.9 Å². The van der Waals surface area contributed by atoms with E-state index in [0.29, 0.717) is 18.8 Å². The van der Waals surface area contributed by atoms with Gasteiger partial charge in [-0.3, -0.25) is 4.79 Å². The number of carboxylic acids is 1. The minimum atomic E-state index is -0.860. The lowest BCUT2D eigenvalue weighted by molar-refractivity contribution is -0.139. The van der Waals surface area contributed by atoms with Crippen molar-refractivity contribution in [2.24, 2.45) is 0 Å². The SMILES string of the molecule is COc1cccc(C(CCOc2ccccc2C)C(=O)O)c1. The van der Waals surface area contributed by atoms with Gasteiger partial charge in [-0.2, -0.15) is 0 Å². The van der Waals surface area contributed by atoms with Crippen molar-refractivity contribution in [1.29, 1.82) is 0 Å². The van der Waals surface area contributed by atoms with Gasteiger partial charge in [0.25, 0.3) is 0 Å². The highest BCUT2D eigenvalue weighted by Gasteiger charge is 2.20. The maximum Gasteiger partial charge on any atom is 0.311 e. The maximum absolute atomic E-state index is 11.5. The van der Waals surface area contributed by atoms with Gasteiger partial charge in [0.15, 0.2) is 0 Å². The van der Waals surface area contributed by atoms with Gasteiger partial charge in [-0.1, -0.05) is 30.3 Å². The fourth-order valence-corrected chi connectivity index (χ4v) is 2.30. The molecular formula is C18H20O4. The van der Waals surface area contributed by atoms with E-state index in [1.54, 1.807) is 31.4 Å². The molecule has 2 aromatic carbocycles. The van der Waals surface area contributed by atoms with E-state index in [0.717, 1.165) is 16.9 Å². The molecule has 1 atom stereocenters. The summed E-state index contributed by atoms with van der Waals surface area (Å²) in [7, 11) is 1.57. The van der Waals surface area contributed by atoms with Gasteiger partial charge >= 0.3 is 5.97 Å². The molecule has 0 radical (unpaired) electrons. The first-order valence-electron chi connectivity index (χ1n) is 7.17. The monoisotopic (exact) mass is 300 g/mol. The number of carbonyl (C=O) groups is 1. The molecule has 0 saturated heterocycles. The van der Waals surface area contributed by atoms with Crippen LogP contribution in [-0.2, 0) is 4.79 Å². The zero-order valence-electron chi connectivity index (χ0n) is 12.8. The first-order chi connectivity index (χ1) is 10.6. The van der Waals surface area contributed by atoms with Crippen LogP contribution >= 0.6 is 0 Å². The maximum atomic E-state index is 11.5. The summed E-state index contributed by atoms with van der Waals surface area (Å²) in [6, 6.07) is 14.8. The molecule has 1 N–H and O–H groups in total. The number of para-hydroxylation sites is 1. The number of ether oxygens (including phenoxy) is 2. The summed E-state index contributed by atoms with van der Waals surface area (Å²) in [4.78, 5) is 11.5. The van der Waals surface area contributed by atoms with Crippen LogP contribution in [-0.4, -0.2) is 24.8 Å². The zero-order valence-corrected chi connectivity index (χ0v) is 12.8. The number of methoxy groups -OCH3 is 1. The van der Waals surface area contributed by atoms with E-state index in [4.69, 9.17) is 9.47 Å². The van der Waals surface area contributed by atoms with Crippen molar-refractivity contribution in [1.82, 2.24) is 0 Å². The Morgan fingerprint density at radius 2 is 1.95 bits per heavy atom. The lowest BCUT2D eigenvalue weighted by Gasteiger charge is -2.15. The van der Waals surface area contributed by atoms with E-state index in [1.807, 2.05) is 31.2 Å². The largest absolute Gasteiger partial charge is 0.497 e. The lowest BCUT2D eigenvalue weighted by atomic mass is 9.96. The van der Waals surface area contributed by atoms with Crippen molar-refractivity contribution in [3.63, 3.8) is 0 Å². The molecule has 0 spiro atoms. The fraction of sp³-hybridized carbons (Fsp3) is 0.278. The summed E-state index contributed by atoms with van der Waals surface area (Å²) < 4.78 is 10.9. The van der Waals surface area contributed by atoms with Crippen molar-refractivity contribution >= 4 is 5.97 Å². The van der Waals surface area contributed by atoms with E-state index in [2.05, 4.69) is 0 Å². The molecule has 4 heteroatoms. The Kier molecular flexibility index (Phi) is 5.42. The summed E-state index contributed by atoms with van der Waals surface area (Å²) in [5.74, 6) is -0.0263. The number of carboxylic acid groups (broad SMARTS) is 1. The highest BCUT2D eigenvalue weighted by atomic mass is 16.5. The minimum Gasteiger partial charge on any atom is -0.497 e. The summed E-state index contributed by atoms with van der Waals surface area (Å²) in [6.07, 6.45) is 0.400. The molecule has 2 rings (SSSR count). The molecule has 0 aliphatic rings. The van der Waals surface area contributed by atoms with Gasteiger partial charge in [0.05, 0.1) is 19.6 Å². The number of aliphatic carboxylic acids is 1. The van der Waals surface area contributed by atoms with Crippen LogP contribution in [0.25, 0.3) is 0 Å². The van der Waals surface area contributed by atoms with Gasteiger partial charge in [0, 0.05) is 0 Å². The molecule has 22 heavy (non-hydrogen) atoms. The van der Waals surface area contributed by atoms with Gasteiger partial charge in [-0.15, -0.1) is 0 Å². The Morgan fingerprint density at radius 3 is 2.64 bits per heavy atom. The van der Waals surface area contributed by atoms with Crippen LogP contribution in [0.4, 0.5) is 0 Å². The molecule has 4 nitrogen and oxygen atoms in total. The van der Waals surface area contributed by atoms with Crippen molar-refractivity contribution in [2.75, 3.05) is 13.7 Å². The van der Waals surface area contributed by atoms with Crippen molar-refractivity contribution < 1.29 is 19.4 Å². The number of aryl methyl sites for hydroxylation is 1. The molecule has 0 bridgehead atoms. The standard InChI is InChI=1S/C18H20O4/c1-13-6-3-4-9-17(13)22-11-10-16(18(19)20)14-7-5-8-15(12-14)21-2/h3-9,12,16H,10-11H2,1-2H3,(H,19,20). The predicted octanol–water partition coefficient (Wildman–Crippen LogP) is 3.64. The highest BCUT2D eigenvalue weighted by Crippen LogP contribution is 2.25. The number of hydrogen-bond donors (Lipinski definition) is 1. The number of hydrogen-bond acceptors (Lipinski definition) is 3. The smallest absolute Gasteiger partial charge is 0.311 e. The molecule has 0 amide bonds. The quantitative estimate of drug-likeness (QED) is 0.848. The molecule has 0 fully saturated rings. The van der Waals surface area contributed by atoms with Crippen LogP contribution in [0.1, 0.15) is 23.5 Å². The molecule has 1 unspecified atom stereocenters. The fourth-order valence-electron chi connectivity index (χ4n) is 2.30.